The third-order valence-electron chi connectivity index (χ3n) is 6.13. The Labute approximate surface area is 196 Å². The van der Waals surface area contributed by atoms with Crippen molar-refractivity contribution in [1.29, 1.82) is 0 Å². The fourth-order valence-corrected chi connectivity index (χ4v) is 5.02. The van der Waals surface area contributed by atoms with Crippen molar-refractivity contribution < 1.29 is 18.7 Å². The summed E-state index contributed by atoms with van der Waals surface area (Å²) < 4.78 is 25.3. The van der Waals surface area contributed by atoms with Crippen molar-refractivity contribution in [1.82, 2.24) is 5.32 Å². The summed E-state index contributed by atoms with van der Waals surface area (Å²) in [6, 6.07) is 20.3. The lowest BCUT2D eigenvalue weighted by molar-refractivity contribution is -0.130. The van der Waals surface area contributed by atoms with E-state index < -0.39 is 17.7 Å². The van der Waals surface area contributed by atoms with E-state index in [0.29, 0.717) is 28.0 Å². The van der Waals surface area contributed by atoms with Crippen LogP contribution >= 0.6 is 12.2 Å². The third-order valence-corrected chi connectivity index (χ3v) is 6.43. The molecule has 168 valence electrons. The van der Waals surface area contributed by atoms with Crippen molar-refractivity contribution in [2.75, 3.05) is 17.3 Å². The Morgan fingerprint density at radius 3 is 2.52 bits per heavy atom. The topological polar surface area (TPSA) is 62.8 Å². The molecule has 1 fully saturated rings. The molecule has 2 N–H and O–H groups in total. The molecule has 0 saturated carbocycles. The number of hydrogen-bond acceptors (Lipinski definition) is 4. The number of amides is 1. The number of halogens is 1. The lowest BCUT2D eigenvalue weighted by Crippen LogP contribution is -2.72. The Balaban J connectivity index is 1.58. The van der Waals surface area contributed by atoms with Crippen LogP contribution in [0.15, 0.2) is 72.8 Å². The van der Waals surface area contributed by atoms with Crippen molar-refractivity contribution in [2.45, 2.75) is 18.7 Å². The van der Waals surface area contributed by atoms with Crippen LogP contribution in [0.25, 0.3) is 0 Å². The minimum atomic E-state index is -1.16. The molecule has 1 amide bonds. The average molecular weight is 464 g/mol. The molecule has 0 spiro atoms. The molecule has 3 aromatic carbocycles. The summed E-state index contributed by atoms with van der Waals surface area (Å²) in [4.78, 5) is 15.4. The highest BCUT2D eigenvalue weighted by Gasteiger charge is 2.59. The second-order valence-corrected chi connectivity index (χ2v) is 8.52. The van der Waals surface area contributed by atoms with Crippen LogP contribution in [0, 0.1) is 11.7 Å². The molecule has 0 aliphatic carbocycles. The van der Waals surface area contributed by atoms with E-state index in [1.165, 1.54) is 12.1 Å². The number of carbonyl (C=O) groups excluding carboxylic acids is 1. The number of carbonyl (C=O) groups is 1. The number of rotatable bonds is 4. The first kappa shape index (κ1) is 21.2. The Morgan fingerprint density at radius 2 is 1.82 bits per heavy atom. The van der Waals surface area contributed by atoms with Gasteiger partial charge < -0.3 is 20.1 Å². The van der Waals surface area contributed by atoms with Crippen LogP contribution in [-0.4, -0.2) is 23.9 Å². The molecule has 0 radical (unpaired) electrons. The van der Waals surface area contributed by atoms with Gasteiger partial charge in [-0.15, -0.1) is 0 Å². The van der Waals surface area contributed by atoms with Gasteiger partial charge in [-0.3, -0.25) is 9.69 Å². The maximum atomic E-state index is 13.7. The van der Waals surface area contributed by atoms with Crippen molar-refractivity contribution in [3.05, 3.63) is 84.2 Å². The molecule has 5 rings (SSSR count). The van der Waals surface area contributed by atoms with Gasteiger partial charge in [0.25, 0.3) is 0 Å². The molecule has 0 aromatic heterocycles. The summed E-state index contributed by atoms with van der Waals surface area (Å²) in [5.41, 5.74) is 0.954. The maximum Gasteiger partial charge on any atom is 0.236 e. The zero-order chi connectivity index (χ0) is 23.2. The van der Waals surface area contributed by atoms with E-state index in [2.05, 4.69) is 10.6 Å². The number of ether oxygens (including phenoxy) is 2. The van der Waals surface area contributed by atoms with E-state index in [4.69, 9.17) is 21.7 Å². The Kier molecular flexibility index (Phi) is 5.17. The molecule has 2 bridgehead atoms. The number of fused-ring (bicyclic) bond motifs is 4. The lowest BCUT2D eigenvalue weighted by atomic mass is 9.78. The summed E-state index contributed by atoms with van der Waals surface area (Å²) in [5, 5.41) is 6.73. The van der Waals surface area contributed by atoms with Gasteiger partial charge in [-0.1, -0.05) is 18.2 Å². The van der Waals surface area contributed by atoms with E-state index in [1.54, 1.807) is 48.4 Å². The highest BCUT2D eigenvalue weighted by atomic mass is 32.1. The molecule has 2 aliphatic rings. The van der Waals surface area contributed by atoms with Crippen LogP contribution in [0.3, 0.4) is 0 Å². The third kappa shape index (κ3) is 3.56. The van der Waals surface area contributed by atoms with Crippen LogP contribution in [-0.2, 0) is 4.79 Å². The fourth-order valence-electron chi connectivity index (χ4n) is 4.60. The highest BCUT2D eigenvalue weighted by molar-refractivity contribution is 7.80. The molecule has 3 atom stereocenters. The molecular weight excluding hydrogens is 441 g/mol. The maximum absolute atomic E-state index is 13.7. The molecule has 2 aliphatic heterocycles. The predicted molar refractivity (Wildman–Crippen MR) is 128 cm³/mol. The Bertz CT molecular complexity index is 1220. The van der Waals surface area contributed by atoms with Crippen molar-refractivity contribution >= 4 is 34.6 Å². The molecule has 8 heteroatoms. The number of nitrogens with zero attached hydrogens (tertiary/aromatic N) is 1. The van der Waals surface area contributed by atoms with Gasteiger partial charge in [0.2, 0.25) is 5.91 Å². The summed E-state index contributed by atoms with van der Waals surface area (Å²) in [6.07, 6.45) is 0. The quantitative estimate of drug-likeness (QED) is 0.550. The zero-order valence-electron chi connectivity index (χ0n) is 18.0. The van der Waals surface area contributed by atoms with Crippen LogP contribution < -0.4 is 25.0 Å². The van der Waals surface area contributed by atoms with Gasteiger partial charge in [0.1, 0.15) is 23.2 Å². The van der Waals surface area contributed by atoms with Crippen LogP contribution in [0.4, 0.5) is 15.8 Å². The SMILES string of the molecule is COc1ccc(NC(=O)C2C3NC(=S)N(c4ccc(F)cc4)C2(C)Oc2ccccc23)cc1. The van der Waals surface area contributed by atoms with Gasteiger partial charge in [-0.05, 0) is 73.7 Å². The first-order valence-electron chi connectivity index (χ1n) is 10.5. The molecule has 1 saturated heterocycles. The second-order valence-electron chi connectivity index (χ2n) is 8.13. The Morgan fingerprint density at radius 1 is 1.12 bits per heavy atom. The standard InChI is InChI=1S/C25H22FN3O3S/c1-25-21(23(30)27-16-9-13-18(31-2)14-10-16)22(19-5-3-4-6-20(19)32-25)28-24(33)29(25)17-11-7-15(26)8-12-17/h3-14,21-22H,1-2H3,(H,27,30)(H,28,33). The number of hydrogen-bond donors (Lipinski definition) is 2. The van der Waals surface area contributed by atoms with Gasteiger partial charge in [0.05, 0.1) is 13.2 Å². The van der Waals surface area contributed by atoms with Crippen LogP contribution in [0.5, 0.6) is 11.5 Å². The van der Waals surface area contributed by atoms with Gasteiger partial charge in [0, 0.05) is 16.9 Å². The van der Waals surface area contributed by atoms with E-state index in [9.17, 15) is 9.18 Å². The van der Waals surface area contributed by atoms with Gasteiger partial charge in [0.15, 0.2) is 10.8 Å². The van der Waals surface area contributed by atoms with Gasteiger partial charge in [-0.2, -0.15) is 0 Å². The van der Waals surface area contributed by atoms with Crippen molar-refractivity contribution in [3.8, 4) is 11.5 Å². The van der Waals surface area contributed by atoms with Gasteiger partial charge >= 0.3 is 0 Å². The summed E-state index contributed by atoms with van der Waals surface area (Å²) in [6.45, 7) is 1.84. The largest absolute Gasteiger partial charge is 0.497 e. The average Bonchev–Trinajstić information content (AvgIpc) is 2.80. The van der Waals surface area contributed by atoms with Crippen molar-refractivity contribution in [2.24, 2.45) is 5.92 Å². The van der Waals surface area contributed by atoms with E-state index in [-0.39, 0.29) is 11.7 Å². The number of nitrogens with one attached hydrogen (secondary N) is 2. The highest BCUT2D eigenvalue weighted by Crippen LogP contribution is 2.49. The molecule has 6 nitrogen and oxygen atoms in total. The zero-order valence-corrected chi connectivity index (χ0v) is 18.9. The number of benzene rings is 3. The molecule has 3 aromatic rings. The first-order chi connectivity index (χ1) is 15.9. The van der Waals surface area contributed by atoms with E-state index >= 15 is 0 Å². The summed E-state index contributed by atoms with van der Waals surface area (Å²) >= 11 is 5.69. The number of thiocarbonyl (C=S) groups is 1. The fraction of sp³-hybridized carbons (Fsp3) is 0.200. The van der Waals surface area contributed by atoms with E-state index in [1.807, 2.05) is 31.2 Å². The first-order valence-corrected chi connectivity index (χ1v) is 10.9. The second kappa shape index (κ2) is 8.04. The summed E-state index contributed by atoms with van der Waals surface area (Å²) in [5.74, 6) is 0.0961. The lowest BCUT2D eigenvalue weighted by Gasteiger charge is -2.56. The van der Waals surface area contributed by atoms with Crippen molar-refractivity contribution in [3.63, 3.8) is 0 Å². The summed E-state index contributed by atoms with van der Waals surface area (Å²) in [7, 11) is 1.59. The molecular formula is C25H22FN3O3S. The monoisotopic (exact) mass is 463 g/mol. The Hall–Kier alpha value is -3.65. The smallest absolute Gasteiger partial charge is 0.236 e. The van der Waals surface area contributed by atoms with E-state index in [0.717, 1.165) is 5.56 Å². The minimum absolute atomic E-state index is 0.232. The molecule has 33 heavy (non-hydrogen) atoms. The minimum Gasteiger partial charge on any atom is -0.497 e. The number of methoxy groups -OCH3 is 1. The molecule has 3 unspecified atom stereocenters. The normalized spacial score (nSPS) is 23.1. The number of para-hydroxylation sites is 1. The number of anilines is 2. The van der Waals surface area contributed by atoms with Crippen LogP contribution in [0.2, 0.25) is 0 Å². The van der Waals surface area contributed by atoms with Crippen LogP contribution in [0.1, 0.15) is 18.5 Å². The molecule has 2 heterocycles. The van der Waals surface area contributed by atoms with Gasteiger partial charge in [-0.25, -0.2) is 4.39 Å². The predicted octanol–water partition coefficient (Wildman–Crippen LogP) is 4.63.